The monoisotopic (exact) mass is 254 g/mol. The van der Waals surface area contributed by atoms with E-state index >= 15 is 0 Å². The highest BCUT2D eigenvalue weighted by atomic mass is 32.1. The van der Waals surface area contributed by atoms with Crippen molar-refractivity contribution in [1.29, 1.82) is 0 Å². The first kappa shape index (κ1) is 14.7. The summed E-state index contributed by atoms with van der Waals surface area (Å²) in [6.07, 6.45) is 3.32. The second-order valence-electron chi connectivity index (χ2n) is 6.18. The number of aromatic nitrogens is 1. The Labute approximate surface area is 110 Å². The molecule has 1 unspecified atom stereocenters. The number of nitrogens with two attached hydrogens (primary N) is 1. The van der Waals surface area contributed by atoms with Gasteiger partial charge in [-0.05, 0) is 25.2 Å². The van der Waals surface area contributed by atoms with Gasteiger partial charge in [0.25, 0.3) is 0 Å². The third-order valence-corrected chi connectivity index (χ3v) is 4.01. The lowest BCUT2D eigenvalue weighted by Gasteiger charge is -2.15. The summed E-state index contributed by atoms with van der Waals surface area (Å²) in [5, 5.41) is 3.45. The molecule has 0 aromatic carbocycles. The summed E-state index contributed by atoms with van der Waals surface area (Å²) in [6, 6.07) is 0.331. The van der Waals surface area contributed by atoms with Gasteiger partial charge in [-0.1, -0.05) is 34.6 Å². The van der Waals surface area contributed by atoms with Crippen LogP contribution in [-0.2, 0) is 11.8 Å². The maximum absolute atomic E-state index is 6.04. The third kappa shape index (κ3) is 4.76. The predicted molar refractivity (Wildman–Crippen MR) is 76.6 cm³/mol. The summed E-state index contributed by atoms with van der Waals surface area (Å²) >= 11 is 1.78. The van der Waals surface area contributed by atoms with Gasteiger partial charge in [0, 0.05) is 16.8 Å². The smallest absolute Gasteiger partial charge is 0.0928 e. The molecule has 17 heavy (non-hydrogen) atoms. The van der Waals surface area contributed by atoms with Crippen LogP contribution in [0.3, 0.4) is 0 Å². The van der Waals surface area contributed by atoms with Gasteiger partial charge in [0.1, 0.15) is 0 Å². The van der Waals surface area contributed by atoms with Crippen LogP contribution in [0.2, 0.25) is 0 Å². The van der Waals surface area contributed by atoms with Gasteiger partial charge in [-0.3, -0.25) is 0 Å². The number of thiazole rings is 1. The second-order valence-corrected chi connectivity index (χ2v) is 7.12. The van der Waals surface area contributed by atoms with Crippen LogP contribution in [0.4, 0.5) is 0 Å². The molecule has 1 aromatic heterocycles. The maximum Gasteiger partial charge on any atom is 0.0928 e. The SMILES string of the molecule is CC(C)C(N)CCCc1nc(C(C)(C)C)cs1. The lowest BCUT2D eigenvalue weighted by molar-refractivity contribution is 0.451. The van der Waals surface area contributed by atoms with Crippen molar-refractivity contribution in [3.63, 3.8) is 0 Å². The molecule has 1 rings (SSSR count). The van der Waals surface area contributed by atoms with Crippen molar-refractivity contribution in [2.45, 2.75) is 65.3 Å². The van der Waals surface area contributed by atoms with Gasteiger partial charge >= 0.3 is 0 Å². The van der Waals surface area contributed by atoms with E-state index in [9.17, 15) is 0 Å². The van der Waals surface area contributed by atoms with Gasteiger partial charge in [0.05, 0.1) is 10.7 Å². The zero-order valence-electron chi connectivity index (χ0n) is 11.8. The average Bonchev–Trinajstić information content (AvgIpc) is 2.65. The molecule has 0 bridgehead atoms. The van der Waals surface area contributed by atoms with Crippen molar-refractivity contribution >= 4 is 11.3 Å². The van der Waals surface area contributed by atoms with E-state index < -0.39 is 0 Å². The van der Waals surface area contributed by atoms with Crippen LogP contribution in [0.5, 0.6) is 0 Å². The fraction of sp³-hybridized carbons (Fsp3) is 0.786. The summed E-state index contributed by atoms with van der Waals surface area (Å²) < 4.78 is 0. The number of hydrogen-bond acceptors (Lipinski definition) is 3. The second kappa shape index (κ2) is 5.96. The summed E-state index contributed by atoms with van der Waals surface area (Å²) in [6.45, 7) is 11.0. The maximum atomic E-state index is 6.04. The Kier molecular flexibility index (Phi) is 5.14. The van der Waals surface area contributed by atoms with Crippen molar-refractivity contribution in [3.05, 3.63) is 16.1 Å². The van der Waals surface area contributed by atoms with Crippen molar-refractivity contribution in [2.24, 2.45) is 11.7 Å². The molecule has 0 aliphatic heterocycles. The Morgan fingerprint density at radius 1 is 1.35 bits per heavy atom. The lowest BCUT2D eigenvalue weighted by Crippen LogP contribution is -2.26. The molecule has 2 nitrogen and oxygen atoms in total. The molecule has 0 fully saturated rings. The molecule has 0 aliphatic rings. The highest BCUT2D eigenvalue weighted by Gasteiger charge is 2.17. The van der Waals surface area contributed by atoms with Gasteiger partial charge in [-0.15, -0.1) is 11.3 Å². The number of nitrogens with zero attached hydrogens (tertiary/aromatic N) is 1. The fourth-order valence-corrected chi connectivity index (χ4v) is 2.66. The van der Waals surface area contributed by atoms with Crippen molar-refractivity contribution in [1.82, 2.24) is 4.98 Å². The van der Waals surface area contributed by atoms with E-state index in [0.717, 1.165) is 19.3 Å². The summed E-state index contributed by atoms with van der Waals surface area (Å²) in [4.78, 5) is 4.70. The zero-order valence-corrected chi connectivity index (χ0v) is 12.6. The standard InChI is InChI=1S/C14H26N2S/c1-10(2)11(15)7-6-8-13-16-12(9-17-13)14(3,4)5/h9-11H,6-8,15H2,1-5H3. The topological polar surface area (TPSA) is 38.9 Å². The number of rotatable bonds is 5. The molecule has 98 valence electrons. The Balaban J connectivity index is 2.41. The van der Waals surface area contributed by atoms with Crippen LogP contribution in [-0.4, -0.2) is 11.0 Å². The molecule has 0 spiro atoms. The summed E-state index contributed by atoms with van der Waals surface area (Å²) in [5.41, 5.74) is 7.42. The minimum absolute atomic E-state index is 0.170. The molecule has 2 N–H and O–H groups in total. The van der Waals surface area contributed by atoms with E-state index in [1.165, 1.54) is 10.7 Å². The van der Waals surface area contributed by atoms with E-state index in [2.05, 4.69) is 40.0 Å². The minimum Gasteiger partial charge on any atom is -0.327 e. The average molecular weight is 254 g/mol. The van der Waals surface area contributed by atoms with Crippen LogP contribution in [0.25, 0.3) is 0 Å². The first-order valence-corrected chi connectivity index (χ1v) is 7.39. The van der Waals surface area contributed by atoms with Crippen LogP contribution < -0.4 is 5.73 Å². The molecule has 0 amide bonds. The largest absolute Gasteiger partial charge is 0.327 e. The molecule has 1 heterocycles. The van der Waals surface area contributed by atoms with Gasteiger partial charge < -0.3 is 5.73 Å². The van der Waals surface area contributed by atoms with Crippen LogP contribution in [0.1, 0.15) is 58.2 Å². The Bertz CT molecular complexity index is 336. The van der Waals surface area contributed by atoms with Gasteiger partial charge in [-0.2, -0.15) is 0 Å². The first-order valence-electron chi connectivity index (χ1n) is 6.51. The molecule has 3 heteroatoms. The third-order valence-electron chi connectivity index (χ3n) is 3.10. The Hall–Kier alpha value is -0.410. The zero-order chi connectivity index (χ0) is 13.1. The summed E-state index contributed by atoms with van der Waals surface area (Å²) in [5.74, 6) is 0.580. The Morgan fingerprint density at radius 3 is 2.47 bits per heavy atom. The van der Waals surface area contributed by atoms with Crippen LogP contribution in [0, 0.1) is 5.92 Å². The molecule has 0 saturated carbocycles. The minimum atomic E-state index is 0.170. The van der Waals surface area contributed by atoms with E-state index in [0.29, 0.717) is 12.0 Å². The Morgan fingerprint density at radius 2 is 2.00 bits per heavy atom. The van der Waals surface area contributed by atoms with E-state index in [1.54, 1.807) is 11.3 Å². The van der Waals surface area contributed by atoms with E-state index in [-0.39, 0.29) is 5.41 Å². The highest BCUT2D eigenvalue weighted by molar-refractivity contribution is 7.09. The molecule has 0 saturated heterocycles. The van der Waals surface area contributed by atoms with Gasteiger partial charge in [0.15, 0.2) is 0 Å². The highest BCUT2D eigenvalue weighted by Crippen LogP contribution is 2.24. The molecular weight excluding hydrogens is 228 g/mol. The predicted octanol–water partition coefficient (Wildman–Crippen LogP) is 3.75. The molecule has 0 radical (unpaired) electrons. The number of aryl methyl sites for hydroxylation is 1. The van der Waals surface area contributed by atoms with E-state index in [4.69, 9.17) is 10.7 Å². The van der Waals surface area contributed by atoms with Gasteiger partial charge in [-0.25, -0.2) is 4.98 Å². The molecule has 1 aromatic rings. The molecule has 1 atom stereocenters. The molecule has 0 aliphatic carbocycles. The van der Waals surface area contributed by atoms with E-state index in [1.807, 2.05) is 0 Å². The first-order chi connectivity index (χ1) is 7.80. The van der Waals surface area contributed by atoms with Crippen molar-refractivity contribution in [2.75, 3.05) is 0 Å². The quantitative estimate of drug-likeness (QED) is 0.869. The molecular formula is C14H26N2S. The normalized spacial score (nSPS) is 14.3. The van der Waals surface area contributed by atoms with Gasteiger partial charge in [0.2, 0.25) is 0 Å². The van der Waals surface area contributed by atoms with Crippen molar-refractivity contribution < 1.29 is 0 Å². The van der Waals surface area contributed by atoms with Crippen molar-refractivity contribution in [3.8, 4) is 0 Å². The van der Waals surface area contributed by atoms with Crippen LogP contribution >= 0.6 is 11.3 Å². The summed E-state index contributed by atoms with van der Waals surface area (Å²) in [7, 11) is 0. The number of hydrogen-bond donors (Lipinski definition) is 1. The fourth-order valence-electron chi connectivity index (χ4n) is 1.59. The van der Waals surface area contributed by atoms with Crippen LogP contribution in [0.15, 0.2) is 5.38 Å². The lowest BCUT2D eigenvalue weighted by atomic mass is 9.93.